The largest absolute Gasteiger partial charge is 0.416 e. The SMILES string of the molecule is FC(F)(F)c1cc(-c2ccc3ccccc3c2)[nH]c(=S)c1. The van der Waals surface area contributed by atoms with E-state index in [0.29, 0.717) is 11.3 Å². The van der Waals surface area contributed by atoms with Crippen LogP contribution in [0.1, 0.15) is 5.56 Å². The molecule has 1 aromatic heterocycles. The molecule has 0 unspecified atom stereocenters. The normalized spacial score (nSPS) is 11.8. The van der Waals surface area contributed by atoms with Crippen LogP contribution in [0, 0.1) is 4.64 Å². The maximum Gasteiger partial charge on any atom is 0.416 e. The van der Waals surface area contributed by atoms with Gasteiger partial charge in [-0.25, -0.2) is 0 Å². The van der Waals surface area contributed by atoms with Crippen molar-refractivity contribution in [1.29, 1.82) is 0 Å². The minimum atomic E-state index is -4.41. The fourth-order valence-electron chi connectivity index (χ4n) is 2.22. The van der Waals surface area contributed by atoms with E-state index in [1.165, 1.54) is 0 Å². The van der Waals surface area contributed by atoms with Crippen molar-refractivity contribution >= 4 is 23.0 Å². The lowest BCUT2D eigenvalue weighted by molar-refractivity contribution is -0.137. The average molecular weight is 305 g/mol. The van der Waals surface area contributed by atoms with Crippen LogP contribution in [0.5, 0.6) is 0 Å². The summed E-state index contributed by atoms with van der Waals surface area (Å²) in [6, 6.07) is 15.2. The van der Waals surface area contributed by atoms with Gasteiger partial charge in [0, 0.05) is 5.69 Å². The molecule has 2 aromatic carbocycles. The Morgan fingerprint density at radius 1 is 0.857 bits per heavy atom. The minimum absolute atomic E-state index is 0.0629. The number of H-pyrrole nitrogens is 1. The standard InChI is InChI=1S/C16H10F3NS/c17-16(18,19)13-8-14(20-15(21)9-13)12-6-5-10-3-1-2-4-11(10)7-12/h1-9H,(H,20,21). The molecule has 106 valence electrons. The molecule has 0 aliphatic heterocycles. The van der Waals surface area contributed by atoms with Crippen molar-refractivity contribution in [3.8, 4) is 11.3 Å². The number of hydrogen-bond donors (Lipinski definition) is 1. The molecule has 5 heteroatoms. The first-order valence-electron chi connectivity index (χ1n) is 6.24. The van der Waals surface area contributed by atoms with Crippen LogP contribution in [0.2, 0.25) is 0 Å². The summed E-state index contributed by atoms with van der Waals surface area (Å²) in [5, 5.41) is 2.00. The monoisotopic (exact) mass is 305 g/mol. The number of benzene rings is 2. The fraction of sp³-hybridized carbons (Fsp3) is 0.0625. The van der Waals surface area contributed by atoms with Crippen molar-refractivity contribution in [3.63, 3.8) is 0 Å². The molecular formula is C16H10F3NS. The van der Waals surface area contributed by atoms with Gasteiger partial charge in [0.15, 0.2) is 0 Å². The van der Waals surface area contributed by atoms with E-state index in [1.54, 1.807) is 6.07 Å². The van der Waals surface area contributed by atoms with Crippen LogP contribution in [0.15, 0.2) is 54.6 Å². The number of aromatic amines is 1. The third-order valence-corrected chi connectivity index (χ3v) is 3.45. The Balaban J connectivity index is 2.18. The molecule has 3 rings (SSSR count). The van der Waals surface area contributed by atoms with E-state index < -0.39 is 11.7 Å². The van der Waals surface area contributed by atoms with Crippen molar-refractivity contribution in [2.45, 2.75) is 6.18 Å². The van der Waals surface area contributed by atoms with Gasteiger partial charge < -0.3 is 4.98 Å². The molecule has 1 N–H and O–H groups in total. The molecule has 0 spiro atoms. The van der Waals surface area contributed by atoms with Crippen molar-refractivity contribution in [1.82, 2.24) is 4.98 Å². The number of nitrogens with one attached hydrogen (secondary N) is 1. The molecule has 0 fully saturated rings. The first-order valence-corrected chi connectivity index (χ1v) is 6.65. The lowest BCUT2D eigenvalue weighted by Crippen LogP contribution is -2.05. The second kappa shape index (κ2) is 5.00. The summed E-state index contributed by atoms with van der Waals surface area (Å²) in [5.74, 6) is 0. The van der Waals surface area contributed by atoms with Crippen molar-refractivity contribution in [2.24, 2.45) is 0 Å². The summed E-state index contributed by atoms with van der Waals surface area (Å²) in [4.78, 5) is 2.82. The molecule has 0 atom stereocenters. The highest BCUT2D eigenvalue weighted by atomic mass is 32.1. The second-order valence-corrected chi connectivity index (χ2v) is 5.15. The molecule has 0 saturated heterocycles. The highest BCUT2D eigenvalue weighted by Crippen LogP contribution is 2.32. The summed E-state index contributed by atoms with van der Waals surface area (Å²) in [6.45, 7) is 0. The Bertz CT molecular complexity index is 865. The first-order chi connectivity index (χ1) is 9.93. The zero-order valence-corrected chi connectivity index (χ0v) is 11.6. The van der Waals surface area contributed by atoms with Gasteiger partial charge in [0.2, 0.25) is 0 Å². The summed E-state index contributed by atoms with van der Waals surface area (Å²) in [6.07, 6.45) is -4.41. The summed E-state index contributed by atoms with van der Waals surface area (Å²) >= 11 is 4.90. The Morgan fingerprint density at radius 3 is 2.29 bits per heavy atom. The molecule has 3 aromatic rings. The number of hydrogen-bond acceptors (Lipinski definition) is 1. The lowest BCUT2D eigenvalue weighted by Gasteiger charge is -2.10. The predicted octanol–water partition coefficient (Wildman–Crippen LogP) is 5.58. The molecule has 0 amide bonds. The summed E-state index contributed by atoms with van der Waals surface area (Å²) in [7, 11) is 0. The van der Waals surface area contributed by atoms with Gasteiger partial charge in [-0.2, -0.15) is 13.2 Å². The molecule has 0 aliphatic carbocycles. The van der Waals surface area contributed by atoms with E-state index in [9.17, 15) is 13.2 Å². The zero-order valence-electron chi connectivity index (χ0n) is 10.7. The van der Waals surface area contributed by atoms with Gasteiger partial charge in [0.05, 0.1) is 5.56 Å². The Kier molecular flexibility index (Phi) is 3.29. The number of alkyl halides is 3. The highest BCUT2D eigenvalue weighted by Gasteiger charge is 2.31. The minimum Gasteiger partial charge on any atom is -0.346 e. The second-order valence-electron chi connectivity index (χ2n) is 4.71. The van der Waals surface area contributed by atoms with Crippen molar-refractivity contribution in [2.75, 3.05) is 0 Å². The number of aromatic nitrogens is 1. The lowest BCUT2D eigenvalue weighted by atomic mass is 10.0. The Morgan fingerprint density at radius 2 is 1.57 bits per heavy atom. The molecule has 0 radical (unpaired) electrons. The van der Waals surface area contributed by atoms with Crippen LogP contribution in [-0.4, -0.2) is 4.98 Å². The van der Waals surface area contributed by atoms with Crippen molar-refractivity contribution < 1.29 is 13.2 Å². The zero-order chi connectivity index (χ0) is 15.0. The van der Waals surface area contributed by atoms with E-state index in [4.69, 9.17) is 12.2 Å². The smallest absolute Gasteiger partial charge is 0.346 e. The quantitative estimate of drug-likeness (QED) is 0.580. The molecule has 0 aliphatic rings. The van der Waals surface area contributed by atoms with Crippen LogP contribution in [0.3, 0.4) is 0 Å². The third kappa shape index (κ3) is 2.83. The third-order valence-electron chi connectivity index (χ3n) is 3.23. The highest BCUT2D eigenvalue weighted by molar-refractivity contribution is 7.71. The Hall–Kier alpha value is -2.14. The van der Waals surface area contributed by atoms with E-state index in [2.05, 4.69) is 4.98 Å². The topological polar surface area (TPSA) is 15.8 Å². The molecule has 21 heavy (non-hydrogen) atoms. The average Bonchev–Trinajstić information content (AvgIpc) is 2.45. The maximum atomic E-state index is 12.9. The van der Waals surface area contributed by atoms with Crippen molar-refractivity contribution in [3.05, 3.63) is 64.8 Å². The number of rotatable bonds is 1. The van der Waals surface area contributed by atoms with Gasteiger partial charge in [-0.05, 0) is 34.5 Å². The maximum absolute atomic E-state index is 12.9. The Labute approximate surface area is 124 Å². The summed E-state index contributed by atoms with van der Waals surface area (Å²) in [5.41, 5.74) is 0.292. The fourth-order valence-corrected chi connectivity index (χ4v) is 2.46. The van der Waals surface area contributed by atoms with E-state index in [0.717, 1.165) is 22.9 Å². The number of pyridine rings is 1. The van der Waals surface area contributed by atoms with Crippen LogP contribution in [0.4, 0.5) is 13.2 Å². The van der Waals surface area contributed by atoms with Gasteiger partial charge in [-0.15, -0.1) is 0 Å². The van der Waals surface area contributed by atoms with E-state index >= 15 is 0 Å². The number of fused-ring (bicyclic) bond motifs is 1. The summed E-state index contributed by atoms with van der Waals surface area (Å²) < 4.78 is 38.6. The van der Waals surface area contributed by atoms with Gasteiger partial charge in [-0.1, -0.05) is 48.6 Å². The van der Waals surface area contributed by atoms with Gasteiger partial charge >= 0.3 is 6.18 Å². The molecule has 1 nitrogen and oxygen atoms in total. The van der Waals surface area contributed by atoms with Crippen LogP contribution in [-0.2, 0) is 6.18 Å². The first kappa shape index (κ1) is 13.8. The van der Waals surface area contributed by atoms with E-state index in [-0.39, 0.29) is 4.64 Å². The van der Waals surface area contributed by atoms with Crippen LogP contribution in [0.25, 0.3) is 22.0 Å². The van der Waals surface area contributed by atoms with Gasteiger partial charge in [0.25, 0.3) is 0 Å². The predicted molar refractivity (Wildman–Crippen MR) is 79.6 cm³/mol. The molecule has 1 heterocycles. The molecular weight excluding hydrogens is 295 g/mol. The van der Waals surface area contributed by atoms with Crippen LogP contribution >= 0.6 is 12.2 Å². The van der Waals surface area contributed by atoms with Gasteiger partial charge in [0.1, 0.15) is 4.64 Å². The van der Waals surface area contributed by atoms with E-state index in [1.807, 2.05) is 36.4 Å². The van der Waals surface area contributed by atoms with Gasteiger partial charge in [-0.3, -0.25) is 0 Å². The molecule has 0 saturated carbocycles. The van der Waals surface area contributed by atoms with Crippen LogP contribution < -0.4 is 0 Å². The number of halogens is 3. The molecule has 0 bridgehead atoms.